The van der Waals surface area contributed by atoms with Gasteiger partial charge in [-0.1, -0.05) is 17.7 Å². The van der Waals surface area contributed by atoms with Gasteiger partial charge in [-0.05, 0) is 32.4 Å². The third-order valence-corrected chi connectivity index (χ3v) is 3.83. The van der Waals surface area contributed by atoms with Gasteiger partial charge in [0, 0.05) is 25.8 Å². The number of aliphatic carboxylic acids is 1. The summed E-state index contributed by atoms with van der Waals surface area (Å²) in [5.41, 5.74) is 0.262. The molecule has 2 heterocycles. The molecule has 1 unspecified atom stereocenters. The number of ether oxygens (including phenoxy) is 1. The number of hydrogen-bond donors (Lipinski definition) is 1. The maximum atomic E-state index is 12.2. The highest BCUT2D eigenvalue weighted by Gasteiger charge is 2.35. The van der Waals surface area contributed by atoms with Gasteiger partial charge in [0.25, 0.3) is 0 Å². The molecule has 1 aliphatic heterocycles. The van der Waals surface area contributed by atoms with Gasteiger partial charge in [0.2, 0.25) is 0 Å². The van der Waals surface area contributed by atoms with E-state index in [0.717, 1.165) is 5.56 Å². The molecule has 0 spiro atoms. The van der Waals surface area contributed by atoms with Crippen molar-refractivity contribution in [3.63, 3.8) is 0 Å². The Labute approximate surface area is 146 Å². The van der Waals surface area contributed by atoms with Crippen molar-refractivity contribution >= 4 is 23.7 Å². The van der Waals surface area contributed by atoms with Crippen molar-refractivity contribution < 1.29 is 19.4 Å². The molecule has 7 nitrogen and oxygen atoms in total. The number of carbonyl (C=O) groups excluding carboxylic acids is 1. The number of carboxylic acids is 1. The fourth-order valence-corrected chi connectivity index (χ4v) is 2.58. The zero-order chi connectivity index (χ0) is 17.9. The molecular formula is C16H22ClN3O4. The smallest absolute Gasteiger partial charge is 0.410 e. The van der Waals surface area contributed by atoms with Crippen molar-refractivity contribution in [2.24, 2.45) is 0 Å². The molecule has 0 radical (unpaired) electrons. The number of hydrogen-bond acceptors (Lipinski definition) is 5. The molecule has 1 saturated heterocycles. The van der Waals surface area contributed by atoms with Crippen LogP contribution in [0.25, 0.3) is 0 Å². The van der Waals surface area contributed by atoms with Crippen LogP contribution in [0.3, 0.4) is 0 Å². The summed E-state index contributed by atoms with van der Waals surface area (Å²) < 4.78 is 5.32. The molecule has 8 heteroatoms. The summed E-state index contributed by atoms with van der Waals surface area (Å²) in [5.74, 6) is -0.967. The van der Waals surface area contributed by atoms with Crippen LogP contribution < -0.4 is 0 Å². The molecule has 1 N–H and O–H groups in total. The van der Waals surface area contributed by atoms with Gasteiger partial charge < -0.3 is 14.7 Å². The van der Waals surface area contributed by atoms with E-state index < -0.39 is 23.7 Å². The van der Waals surface area contributed by atoms with E-state index in [1.807, 2.05) is 11.0 Å². The van der Waals surface area contributed by atoms with Crippen molar-refractivity contribution in [2.45, 2.75) is 39.0 Å². The minimum atomic E-state index is -0.967. The van der Waals surface area contributed by atoms with Gasteiger partial charge in [-0.3, -0.25) is 9.69 Å². The minimum absolute atomic E-state index is 0.0886. The summed E-state index contributed by atoms with van der Waals surface area (Å²) in [6, 6.07) is 2.69. The minimum Gasteiger partial charge on any atom is -0.480 e. The first kappa shape index (κ1) is 18.5. The molecule has 1 fully saturated rings. The topological polar surface area (TPSA) is 83.0 Å². The summed E-state index contributed by atoms with van der Waals surface area (Å²) in [7, 11) is 0. The molecule has 132 valence electrons. The first-order valence-corrected chi connectivity index (χ1v) is 8.09. The number of rotatable bonds is 3. The molecule has 24 heavy (non-hydrogen) atoms. The van der Waals surface area contributed by atoms with Gasteiger partial charge in [0.1, 0.15) is 16.8 Å². The molecule has 0 aliphatic carbocycles. The number of aromatic nitrogens is 1. The van der Waals surface area contributed by atoms with E-state index in [2.05, 4.69) is 4.98 Å². The van der Waals surface area contributed by atoms with Crippen molar-refractivity contribution in [1.29, 1.82) is 0 Å². The Hall–Kier alpha value is -1.86. The third kappa shape index (κ3) is 5.07. The summed E-state index contributed by atoms with van der Waals surface area (Å²) in [6.07, 6.45) is 1.14. The first-order chi connectivity index (χ1) is 11.2. The van der Waals surface area contributed by atoms with Crippen molar-refractivity contribution in [2.75, 3.05) is 19.6 Å². The van der Waals surface area contributed by atoms with E-state index in [1.54, 1.807) is 33.0 Å². The van der Waals surface area contributed by atoms with Gasteiger partial charge in [-0.2, -0.15) is 0 Å². The summed E-state index contributed by atoms with van der Waals surface area (Å²) >= 11 is 5.76. The van der Waals surface area contributed by atoms with E-state index in [4.69, 9.17) is 16.3 Å². The molecule has 1 atom stereocenters. The maximum Gasteiger partial charge on any atom is 0.410 e. The molecule has 2 rings (SSSR count). The standard InChI is InChI=1S/C16H22ClN3O4/c1-16(2,3)24-15(23)20-7-6-19(12(10-20)14(21)22)9-11-4-5-13(17)18-8-11/h4-5,8,12H,6-7,9-10H2,1-3H3,(H,21,22). The third-order valence-electron chi connectivity index (χ3n) is 3.60. The van der Waals surface area contributed by atoms with Gasteiger partial charge in [0.05, 0.1) is 6.54 Å². The highest BCUT2D eigenvalue weighted by molar-refractivity contribution is 6.29. The number of halogens is 1. The molecule has 1 amide bonds. The van der Waals surface area contributed by atoms with Crippen molar-refractivity contribution in [3.8, 4) is 0 Å². The summed E-state index contributed by atoms with van der Waals surface area (Å²) in [4.78, 5) is 31.0. The fourth-order valence-electron chi connectivity index (χ4n) is 2.47. The lowest BCUT2D eigenvalue weighted by Gasteiger charge is -2.39. The zero-order valence-electron chi connectivity index (χ0n) is 14.0. The fraction of sp³-hybridized carbons (Fsp3) is 0.562. The van der Waals surface area contributed by atoms with Crippen LogP contribution in [0, 0.1) is 0 Å². The van der Waals surface area contributed by atoms with Gasteiger partial charge in [0.15, 0.2) is 0 Å². The van der Waals surface area contributed by atoms with Crippen LogP contribution >= 0.6 is 11.6 Å². The van der Waals surface area contributed by atoms with E-state index >= 15 is 0 Å². The largest absolute Gasteiger partial charge is 0.480 e. The lowest BCUT2D eigenvalue weighted by atomic mass is 10.1. The van der Waals surface area contributed by atoms with E-state index in [1.165, 1.54) is 4.90 Å². The number of piperazine rings is 1. The number of pyridine rings is 1. The number of carboxylic acid groups (broad SMARTS) is 1. The number of amides is 1. The van der Waals surface area contributed by atoms with Crippen molar-refractivity contribution in [1.82, 2.24) is 14.8 Å². The Bertz CT molecular complexity index is 600. The predicted molar refractivity (Wildman–Crippen MR) is 88.9 cm³/mol. The quantitative estimate of drug-likeness (QED) is 0.837. The van der Waals surface area contributed by atoms with Crippen LogP contribution in [0.1, 0.15) is 26.3 Å². The van der Waals surface area contributed by atoms with E-state index in [-0.39, 0.29) is 6.54 Å². The number of carbonyl (C=O) groups is 2. The Morgan fingerprint density at radius 2 is 2.08 bits per heavy atom. The van der Waals surface area contributed by atoms with Crippen LogP contribution in [0.15, 0.2) is 18.3 Å². The molecule has 1 aromatic heterocycles. The number of nitrogens with zero attached hydrogens (tertiary/aromatic N) is 3. The van der Waals surface area contributed by atoms with Crippen LogP contribution in [-0.2, 0) is 16.1 Å². The second-order valence-electron chi connectivity index (χ2n) is 6.74. The Kier molecular flexibility index (Phi) is 5.66. The Balaban J connectivity index is 2.04. The molecule has 0 bridgehead atoms. The summed E-state index contributed by atoms with van der Waals surface area (Å²) in [5, 5.41) is 9.90. The Morgan fingerprint density at radius 1 is 1.38 bits per heavy atom. The van der Waals surface area contributed by atoms with Gasteiger partial charge in [-0.15, -0.1) is 0 Å². The zero-order valence-corrected chi connectivity index (χ0v) is 14.8. The second-order valence-corrected chi connectivity index (χ2v) is 7.13. The first-order valence-electron chi connectivity index (χ1n) is 7.71. The lowest BCUT2D eigenvalue weighted by Crippen LogP contribution is -2.57. The van der Waals surface area contributed by atoms with E-state index in [0.29, 0.717) is 24.8 Å². The molecule has 1 aliphatic rings. The van der Waals surface area contributed by atoms with E-state index in [9.17, 15) is 14.7 Å². The van der Waals surface area contributed by atoms with Crippen LogP contribution in [0.5, 0.6) is 0 Å². The molecule has 0 saturated carbocycles. The SMILES string of the molecule is CC(C)(C)OC(=O)N1CCN(Cc2ccc(Cl)nc2)C(C(=O)O)C1. The van der Waals surface area contributed by atoms with Gasteiger partial charge >= 0.3 is 12.1 Å². The average molecular weight is 356 g/mol. The van der Waals surface area contributed by atoms with Crippen molar-refractivity contribution in [3.05, 3.63) is 29.0 Å². The van der Waals surface area contributed by atoms with Gasteiger partial charge in [-0.25, -0.2) is 9.78 Å². The molecule has 1 aromatic rings. The van der Waals surface area contributed by atoms with Crippen LogP contribution in [0.2, 0.25) is 5.15 Å². The normalized spacial score (nSPS) is 19.2. The average Bonchev–Trinajstić information content (AvgIpc) is 2.48. The highest BCUT2D eigenvalue weighted by Crippen LogP contribution is 2.18. The predicted octanol–water partition coefficient (Wildman–Crippen LogP) is 2.24. The lowest BCUT2D eigenvalue weighted by molar-refractivity contribution is -0.145. The Morgan fingerprint density at radius 3 is 2.62 bits per heavy atom. The summed E-state index contributed by atoms with van der Waals surface area (Å²) in [6.45, 7) is 6.73. The molecule has 0 aromatic carbocycles. The second kappa shape index (κ2) is 7.36. The van der Waals surface area contributed by atoms with Crippen LogP contribution in [0.4, 0.5) is 4.79 Å². The molecular weight excluding hydrogens is 334 g/mol. The highest BCUT2D eigenvalue weighted by atomic mass is 35.5. The maximum absolute atomic E-state index is 12.2. The monoisotopic (exact) mass is 355 g/mol. The van der Waals surface area contributed by atoms with Crippen LogP contribution in [-0.4, -0.2) is 63.2 Å².